The molecule has 4 nitrogen and oxygen atoms in total. The first-order valence-corrected chi connectivity index (χ1v) is 8.19. The molecule has 0 aliphatic heterocycles. The molecule has 0 aliphatic rings. The number of carbonyl (C=O) groups excluding carboxylic acids is 1. The van der Waals surface area contributed by atoms with E-state index in [1.807, 2.05) is 61.5 Å². The van der Waals surface area contributed by atoms with Crippen molar-refractivity contribution in [3.05, 3.63) is 65.7 Å². The zero-order chi connectivity index (χ0) is 17.4. The van der Waals surface area contributed by atoms with Crippen LogP contribution in [0.1, 0.15) is 36.5 Å². The molecule has 0 unspecified atom stereocenters. The molecule has 1 amide bonds. The molecule has 128 valence electrons. The van der Waals surface area contributed by atoms with Crippen molar-refractivity contribution in [1.29, 1.82) is 0 Å². The summed E-state index contributed by atoms with van der Waals surface area (Å²) in [6, 6.07) is 17.5. The Labute approximate surface area is 143 Å². The van der Waals surface area contributed by atoms with Crippen molar-refractivity contribution in [2.75, 3.05) is 20.8 Å². The lowest BCUT2D eigenvalue weighted by Gasteiger charge is -2.20. The van der Waals surface area contributed by atoms with Gasteiger partial charge in [-0.1, -0.05) is 49.4 Å². The van der Waals surface area contributed by atoms with Crippen LogP contribution in [-0.4, -0.2) is 26.7 Å². The summed E-state index contributed by atoms with van der Waals surface area (Å²) in [5, 5.41) is 3.01. The van der Waals surface area contributed by atoms with E-state index >= 15 is 0 Å². The van der Waals surface area contributed by atoms with Crippen molar-refractivity contribution in [2.45, 2.75) is 25.4 Å². The number of hydrogen-bond donors (Lipinski definition) is 1. The van der Waals surface area contributed by atoms with Gasteiger partial charge in [0.15, 0.2) is 0 Å². The van der Waals surface area contributed by atoms with Gasteiger partial charge in [0.25, 0.3) is 0 Å². The first-order valence-electron chi connectivity index (χ1n) is 8.19. The molecule has 0 saturated heterocycles. The van der Waals surface area contributed by atoms with Crippen molar-refractivity contribution in [1.82, 2.24) is 5.32 Å². The maximum Gasteiger partial charge on any atom is 0.227 e. The average molecular weight is 327 g/mol. The van der Waals surface area contributed by atoms with Crippen LogP contribution in [0.3, 0.4) is 0 Å². The second kappa shape index (κ2) is 9.08. The van der Waals surface area contributed by atoms with Crippen LogP contribution in [-0.2, 0) is 9.53 Å². The number of carbonyl (C=O) groups is 1. The minimum atomic E-state index is -0.211. The van der Waals surface area contributed by atoms with Gasteiger partial charge in [-0.15, -0.1) is 0 Å². The van der Waals surface area contributed by atoms with Crippen molar-refractivity contribution in [3.63, 3.8) is 0 Å². The summed E-state index contributed by atoms with van der Waals surface area (Å²) in [4.78, 5) is 12.6. The molecule has 2 atom stereocenters. The Kier molecular flexibility index (Phi) is 6.82. The van der Waals surface area contributed by atoms with E-state index in [-0.39, 0.29) is 17.9 Å². The second-order valence-corrected chi connectivity index (χ2v) is 5.62. The summed E-state index contributed by atoms with van der Waals surface area (Å²) in [5.41, 5.74) is 2.01. The molecule has 0 aromatic heterocycles. The molecule has 0 saturated carbocycles. The summed E-state index contributed by atoms with van der Waals surface area (Å²) < 4.78 is 10.8. The molecular weight excluding hydrogens is 302 g/mol. The maximum atomic E-state index is 12.6. The van der Waals surface area contributed by atoms with Crippen molar-refractivity contribution < 1.29 is 14.3 Å². The second-order valence-electron chi connectivity index (χ2n) is 5.62. The molecular formula is C20H25NO3. The minimum Gasteiger partial charge on any atom is -0.497 e. The standard InChI is InChI=1S/C20H25NO3/c1-4-18(15-9-6-5-7-10-15)20(22)21-14-19(24-3)16-11-8-12-17(13-16)23-2/h5-13,18-19H,4,14H2,1-3H3,(H,21,22)/t18-,19-/m0/s1. The Hall–Kier alpha value is -2.33. The van der Waals surface area contributed by atoms with Crippen LogP contribution in [0.5, 0.6) is 5.75 Å². The highest BCUT2D eigenvalue weighted by Gasteiger charge is 2.20. The molecule has 0 aliphatic carbocycles. The SMILES string of the molecule is CC[C@H](C(=O)NC[C@H](OC)c1cccc(OC)c1)c1ccccc1. The van der Waals surface area contributed by atoms with Crippen molar-refractivity contribution >= 4 is 5.91 Å². The molecule has 1 N–H and O–H groups in total. The van der Waals surface area contributed by atoms with Gasteiger partial charge in [0.05, 0.1) is 19.1 Å². The molecule has 4 heteroatoms. The third kappa shape index (κ3) is 4.59. The number of rotatable bonds is 8. The van der Waals surface area contributed by atoms with Gasteiger partial charge in [-0.05, 0) is 29.7 Å². The lowest BCUT2D eigenvalue weighted by molar-refractivity contribution is -0.123. The zero-order valence-electron chi connectivity index (χ0n) is 14.5. The van der Waals surface area contributed by atoms with Crippen molar-refractivity contribution in [3.8, 4) is 5.75 Å². The van der Waals surface area contributed by atoms with Crippen LogP contribution >= 0.6 is 0 Å². The van der Waals surface area contributed by atoms with Crippen LogP contribution in [0.2, 0.25) is 0 Å². The third-order valence-electron chi connectivity index (χ3n) is 4.14. The third-order valence-corrected chi connectivity index (χ3v) is 4.14. The predicted octanol–water partition coefficient (Wildman–Crippen LogP) is 3.69. The molecule has 2 aromatic carbocycles. The van der Waals surface area contributed by atoms with Gasteiger partial charge in [0, 0.05) is 13.7 Å². The van der Waals surface area contributed by atoms with Crippen molar-refractivity contribution in [2.24, 2.45) is 0 Å². The van der Waals surface area contributed by atoms with Crippen LogP contribution in [0.4, 0.5) is 0 Å². The predicted molar refractivity (Wildman–Crippen MR) is 95.2 cm³/mol. The normalized spacial score (nSPS) is 13.1. The van der Waals surface area contributed by atoms with Gasteiger partial charge >= 0.3 is 0 Å². The zero-order valence-corrected chi connectivity index (χ0v) is 14.5. The van der Waals surface area contributed by atoms with Gasteiger partial charge in [-0.3, -0.25) is 4.79 Å². The lowest BCUT2D eigenvalue weighted by Crippen LogP contribution is -2.33. The van der Waals surface area contributed by atoms with Gasteiger partial charge < -0.3 is 14.8 Å². The van der Waals surface area contributed by atoms with Crippen LogP contribution in [0.25, 0.3) is 0 Å². The number of hydrogen-bond acceptors (Lipinski definition) is 3. The Morgan fingerprint density at radius 2 is 1.75 bits per heavy atom. The van der Waals surface area contributed by atoms with E-state index in [1.54, 1.807) is 14.2 Å². The molecule has 2 rings (SSSR count). The van der Waals surface area contributed by atoms with Gasteiger partial charge in [0.2, 0.25) is 5.91 Å². The molecule has 0 bridgehead atoms. The quantitative estimate of drug-likeness (QED) is 0.804. The fraction of sp³-hybridized carbons (Fsp3) is 0.350. The summed E-state index contributed by atoms with van der Waals surface area (Å²) in [5.74, 6) is 0.652. The largest absolute Gasteiger partial charge is 0.497 e. The number of ether oxygens (including phenoxy) is 2. The highest BCUT2D eigenvalue weighted by molar-refractivity contribution is 5.83. The summed E-state index contributed by atoms with van der Waals surface area (Å²) in [7, 11) is 3.28. The van der Waals surface area contributed by atoms with Gasteiger partial charge in [-0.2, -0.15) is 0 Å². The Morgan fingerprint density at radius 3 is 2.38 bits per heavy atom. The van der Waals surface area contributed by atoms with Gasteiger partial charge in [-0.25, -0.2) is 0 Å². The highest BCUT2D eigenvalue weighted by atomic mass is 16.5. The van der Waals surface area contributed by atoms with E-state index in [1.165, 1.54) is 0 Å². The lowest BCUT2D eigenvalue weighted by atomic mass is 9.95. The number of methoxy groups -OCH3 is 2. The van der Waals surface area contributed by atoms with E-state index in [0.29, 0.717) is 6.54 Å². The van der Waals surface area contributed by atoms with E-state index in [9.17, 15) is 4.79 Å². The van der Waals surface area contributed by atoms with E-state index in [4.69, 9.17) is 9.47 Å². The minimum absolute atomic E-state index is 0.0219. The Balaban J connectivity index is 2.02. The Bertz CT molecular complexity index is 642. The Morgan fingerprint density at radius 1 is 1.04 bits per heavy atom. The van der Waals surface area contributed by atoms with Gasteiger partial charge in [0.1, 0.15) is 5.75 Å². The number of benzene rings is 2. The first-order chi connectivity index (χ1) is 11.7. The molecule has 0 heterocycles. The topological polar surface area (TPSA) is 47.6 Å². The maximum absolute atomic E-state index is 12.6. The summed E-state index contributed by atoms with van der Waals surface area (Å²) in [6.07, 6.45) is 0.546. The highest BCUT2D eigenvalue weighted by Crippen LogP contribution is 2.22. The first kappa shape index (κ1) is 18.0. The number of amides is 1. The fourth-order valence-corrected chi connectivity index (χ4v) is 2.75. The fourth-order valence-electron chi connectivity index (χ4n) is 2.75. The molecule has 0 radical (unpaired) electrons. The van der Waals surface area contributed by atoms with Crippen LogP contribution < -0.4 is 10.1 Å². The van der Waals surface area contributed by atoms with E-state index in [2.05, 4.69) is 5.32 Å². The monoisotopic (exact) mass is 327 g/mol. The molecule has 24 heavy (non-hydrogen) atoms. The van der Waals surface area contributed by atoms with E-state index in [0.717, 1.165) is 23.3 Å². The van der Waals surface area contributed by atoms with E-state index < -0.39 is 0 Å². The molecule has 0 fully saturated rings. The summed E-state index contributed by atoms with van der Waals surface area (Å²) >= 11 is 0. The van der Waals surface area contributed by atoms with Crippen LogP contribution in [0.15, 0.2) is 54.6 Å². The summed E-state index contributed by atoms with van der Waals surface area (Å²) in [6.45, 7) is 2.44. The smallest absolute Gasteiger partial charge is 0.227 e. The average Bonchev–Trinajstić information content (AvgIpc) is 2.64. The number of nitrogens with one attached hydrogen (secondary N) is 1. The molecule has 2 aromatic rings. The molecule has 0 spiro atoms. The van der Waals surface area contributed by atoms with Crippen LogP contribution in [0, 0.1) is 0 Å².